The summed E-state index contributed by atoms with van der Waals surface area (Å²) in [4.78, 5) is 29.4. The molecule has 2 aromatic heterocycles. The molecule has 0 fully saturated rings. The van der Waals surface area contributed by atoms with Crippen molar-refractivity contribution in [3.05, 3.63) is 66.0 Å². The minimum atomic E-state index is -0.493. The predicted molar refractivity (Wildman–Crippen MR) is 96.8 cm³/mol. The Kier molecular flexibility index (Phi) is 4.46. The van der Waals surface area contributed by atoms with Crippen LogP contribution in [0.2, 0.25) is 0 Å². The van der Waals surface area contributed by atoms with Crippen molar-refractivity contribution in [2.24, 2.45) is 0 Å². The second kappa shape index (κ2) is 6.59. The summed E-state index contributed by atoms with van der Waals surface area (Å²) in [6, 6.07) is 10.6. The average Bonchev–Trinajstić information content (AvgIpc) is 2.95. The fourth-order valence-corrected chi connectivity index (χ4v) is 2.49. The number of halogens is 1. The summed E-state index contributed by atoms with van der Waals surface area (Å²) in [5.41, 5.74) is 0.700. The van der Waals surface area contributed by atoms with Crippen LogP contribution in [0.3, 0.4) is 0 Å². The molecule has 0 radical (unpaired) electrons. The van der Waals surface area contributed by atoms with Crippen molar-refractivity contribution in [3.8, 4) is 0 Å². The number of rotatable bonds is 3. The Morgan fingerprint density at radius 2 is 1.73 bits per heavy atom. The number of fused-ring (bicyclic) bond motifs is 1. The molecule has 0 aliphatic rings. The maximum Gasteiger partial charge on any atom is 0.292 e. The van der Waals surface area contributed by atoms with Crippen LogP contribution in [-0.2, 0) is 0 Å². The van der Waals surface area contributed by atoms with Crippen LogP contribution < -0.4 is 10.6 Å². The van der Waals surface area contributed by atoms with Gasteiger partial charge < -0.3 is 10.6 Å². The van der Waals surface area contributed by atoms with Crippen molar-refractivity contribution in [1.82, 2.24) is 14.7 Å². The predicted octanol–water partition coefficient (Wildman–Crippen LogP) is 3.25. The van der Waals surface area contributed by atoms with Gasteiger partial charge in [-0.1, -0.05) is 6.07 Å². The number of amides is 2. The highest BCUT2D eigenvalue weighted by atomic mass is 19.1. The zero-order valence-corrected chi connectivity index (χ0v) is 14.7. The summed E-state index contributed by atoms with van der Waals surface area (Å²) in [6.07, 6.45) is 1.66. The summed E-state index contributed by atoms with van der Waals surface area (Å²) in [5.74, 6) is -1.17. The number of nitrogens with one attached hydrogen (secondary N) is 2. The first-order valence-corrected chi connectivity index (χ1v) is 8.11. The highest BCUT2D eigenvalue weighted by Gasteiger charge is 2.24. The summed E-state index contributed by atoms with van der Waals surface area (Å²) in [7, 11) is 0. The number of carbonyl (C=O) groups excluding carboxylic acids is 2. The van der Waals surface area contributed by atoms with Gasteiger partial charge in [0.05, 0.1) is 5.52 Å². The molecule has 0 atom stereocenters. The number of carbonyl (C=O) groups is 2. The van der Waals surface area contributed by atoms with Crippen LogP contribution in [0.5, 0.6) is 0 Å². The lowest BCUT2D eigenvalue weighted by Crippen LogP contribution is -2.40. The van der Waals surface area contributed by atoms with Crippen molar-refractivity contribution in [2.45, 2.75) is 26.3 Å². The first kappa shape index (κ1) is 17.6. The Bertz CT molecular complexity index is 971. The molecule has 0 aliphatic carbocycles. The van der Waals surface area contributed by atoms with Crippen molar-refractivity contribution in [2.75, 3.05) is 5.32 Å². The smallest absolute Gasteiger partial charge is 0.292 e. The highest BCUT2D eigenvalue weighted by molar-refractivity contribution is 6.06. The van der Waals surface area contributed by atoms with Crippen LogP contribution in [0.4, 0.5) is 10.1 Å². The third kappa shape index (κ3) is 3.72. The first-order valence-electron chi connectivity index (χ1n) is 8.11. The fraction of sp³-hybridized carbons (Fsp3) is 0.211. The van der Waals surface area contributed by atoms with E-state index in [0.717, 1.165) is 0 Å². The van der Waals surface area contributed by atoms with E-state index in [0.29, 0.717) is 11.2 Å². The number of hydrogen-bond acceptors (Lipinski definition) is 3. The van der Waals surface area contributed by atoms with Crippen LogP contribution in [0.1, 0.15) is 41.9 Å². The Hall–Kier alpha value is -3.22. The lowest BCUT2D eigenvalue weighted by Gasteiger charge is -2.19. The molecule has 7 heteroatoms. The number of anilines is 1. The third-order valence-electron chi connectivity index (χ3n) is 3.56. The van der Waals surface area contributed by atoms with E-state index >= 15 is 0 Å². The normalized spacial score (nSPS) is 11.4. The van der Waals surface area contributed by atoms with Gasteiger partial charge >= 0.3 is 0 Å². The monoisotopic (exact) mass is 354 g/mol. The van der Waals surface area contributed by atoms with Gasteiger partial charge in [0, 0.05) is 17.4 Å². The van der Waals surface area contributed by atoms with Gasteiger partial charge in [-0.05, 0) is 57.2 Å². The maximum atomic E-state index is 13.0. The van der Waals surface area contributed by atoms with Gasteiger partial charge in [-0.2, -0.15) is 0 Å². The van der Waals surface area contributed by atoms with E-state index in [9.17, 15) is 14.0 Å². The molecule has 0 saturated carbocycles. The molecule has 0 spiro atoms. The Balaban J connectivity index is 1.97. The molecule has 2 N–H and O–H groups in total. The van der Waals surface area contributed by atoms with E-state index in [-0.39, 0.29) is 17.4 Å². The van der Waals surface area contributed by atoms with Crippen molar-refractivity contribution in [3.63, 3.8) is 0 Å². The number of benzene rings is 1. The Morgan fingerprint density at radius 1 is 1.04 bits per heavy atom. The molecule has 2 heterocycles. The molecular formula is C19H19FN4O2. The molecular weight excluding hydrogens is 335 g/mol. The molecule has 0 aliphatic heterocycles. The number of aromatic nitrogens is 2. The van der Waals surface area contributed by atoms with Gasteiger partial charge in [-0.25, -0.2) is 9.37 Å². The van der Waals surface area contributed by atoms with Crippen molar-refractivity contribution < 1.29 is 14.0 Å². The van der Waals surface area contributed by atoms with Gasteiger partial charge in [0.25, 0.3) is 11.8 Å². The number of imidazole rings is 1. The van der Waals surface area contributed by atoms with E-state index in [4.69, 9.17) is 0 Å². The van der Waals surface area contributed by atoms with E-state index in [2.05, 4.69) is 15.6 Å². The van der Waals surface area contributed by atoms with Crippen LogP contribution in [-0.4, -0.2) is 26.7 Å². The molecule has 3 aromatic rings. The summed E-state index contributed by atoms with van der Waals surface area (Å²) < 4.78 is 14.6. The molecule has 0 bridgehead atoms. The van der Waals surface area contributed by atoms with E-state index in [1.54, 1.807) is 28.8 Å². The zero-order chi connectivity index (χ0) is 18.9. The van der Waals surface area contributed by atoms with E-state index in [1.807, 2.05) is 20.8 Å². The first-order chi connectivity index (χ1) is 12.2. The molecule has 26 heavy (non-hydrogen) atoms. The summed E-state index contributed by atoms with van der Waals surface area (Å²) in [5, 5.41) is 5.51. The van der Waals surface area contributed by atoms with Crippen molar-refractivity contribution in [1.29, 1.82) is 0 Å². The number of hydrogen-bond donors (Lipinski definition) is 2. The van der Waals surface area contributed by atoms with Crippen LogP contribution in [0, 0.1) is 5.82 Å². The topological polar surface area (TPSA) is 75.5 Å². The third-order valence-corrected chi connectivity index (χ3v) is 3.56. The molecule has 0 saturated heterocycles. The SMILES string of the molecule is CC(C)(C)NC(=O)c1nc(C(=O)Nc2ccc(F)cc2)n2ccccc12. The highest BCUT2D eigenvalue weighted by Crippen LogP contribution is 2.16. The van der Waals surface area contributed by atoms with Gasteiger partial charge in [0.15, 0.2) is 5.69 Å². The summed E-state index contributed by atoms with van der Waals surface area (Å²) in [6.45, 7) is 5.60. The lowest BCUT2D eigenvalue weighted by molar-refractivity contribution is 0.0916. The van der Waals surface area contributed by atoms with Gasteiger partial charge in [0.1, 0.15) is 5.82 Å². The molecule has 6 nitrogen and oxygen atoms in total. The molecule has 1 aromatic carbocycles. The van der Waals surface area contributed by atoms with Crippen molar-refractivity contribution >= 4 is 23.0 Å². The Morgan fingerprint density at radius 3 is 2.38 bits per heavy atom. The van der Waals surface area contributed by atoms with Gasteiger partial charge in [0.2, 0.25) is 5.82 Å². The average molecular weight is 354 g/mol. The van der Waals surface area contributed by atoms with Crippen LogP contribution in [0.25, 0.3) is 5.52 Å². The standard InChI is InChI=1S/C19H19FN4O2/c1-19(2,3)23-17(25)15-14-6-4-5-11-24(14)16(22-15)18(26)21-13-9-7-12(20)8-10-13/h4-11H,1-3H3,(H,21,26)(H,23,25). The van der Waals surface area contributed by atoms with Crippen LogP contribution in [0.15, 0.2) is 48.7 Å². The quantitative estimate of drug-likeness (QED) is 0.758. The lowest BCUT2D eigenvalue weighted by atomic mass is 10.1. The van der Waals surface area contributed by atoms with E-state index in [1.165, 1.54) is 24.3 Å². The van der Waals surface area contributed by atoms with E-state index < -0.39 is 17.3 Å². The summed E-state index contributed by atoms with van der Waals surface area (Å²) >= 11 is 0. The second-order valence-electron chi connectivity index (χ2n) is 6.91. The minimum absolute atomic E-state index is 0.0731. The molecule has 0 unspecified atom stereocenters. The van der Waals surface area contributed by atoms with Gasteiger partial charge in [-0.15, -0.1) is 0 Å². The second-order valence-corrected chi connectivity index (χ2v) is 6.91. The molecule has 2 amide bonds. The largest absolute Gasteiger partial charge is 0.346 e. The minimum Gasteiger partial charge on any atom is -0.346 e. The Labute approximate surface area is 150 Å². The van der Waals surface area contributed by atoms with Crippen LogP contribution >= 0.6 is 0 Å². The molecule has 3 rings (SSSR count). The van der Waals surface area contributed by atoms with Gasteiger partial charge in [-0.3, -0.25) is 14.0 Å². The maximum absolute atomic E-state index is 13.0. The number of pyridine rings is 1. The fourth-order valence-electron chi connectivity index (χ4n) is 2.49. The molecule has 134 valence electrons. The zero-order valence-electron chi connectivity index (χ0n) is 14.7. The number of nitrogens with zero attached hydrogens (tertiary/aromatic N) is 2.